The number of thiazole rings is 1. The highest BCUT2D eigenvalue weighted by Crippen LogP contribution is 2.23. The predicted octanol–water partition coefficient (Wildman–Crippen LogP) is 4.10. The Labute approximate surface area is 127 Å². The minimum absolute atomic E-state index is 0.0422. The number of thioether (sulfide) groups is 1. The van der Waals surface area contributed by atoms with Crippen LogP contribution in [-0.2, 0) is 10.5 Å². The molecule has 0 bridgehead atoms. The molecule has 1 N–H and O–H groups in total. The van der Waals surface area contributed by atoms with E-state index in [4.69, 9.17) is 0 Å². The molecule has 1 amide bonds. The van der Waals surface area contributed by atoms with Gasteiger partial charge in [0.05, 0.1) is 10.9 Å². The third-order valence-electron chi connectivity index (χ3n) is 2.81. The lowest BCUT2D eigenvalue weighted by Crippen LogP contribution is -2.24. The largest absolute Gasteiger partial charge is 0.301 e. The zero-order valence-corrected chi connectivity index (χ0v) is 13.3. The fourth-order valence-electron chi connectivity index (χ4n) is 1.75. The number of aryl methyl sites for hydroxylation is 1. The van der Waals surface area contributed by atoms with Crippen molar-refractivity contribution in [1.29, 1.82) is 0 Å². The van der Waals surface area contributed by atoms with E-state index in [1.807, 2.05) is 37.4 Å². The Kier molecular flexibility index (Phi) is 5.61. The Balaban J connectivity index is 1.89. The van der Waals surface area contributed by atoms with Crippen molar-refractivity contribution >= 4 is 34.1 Å². The summed E-state index contributed by atoms with van der Waals surface area (Å²) in [4.78, 5) is 16.5. The Morgan fingerprint density at radius 3 is 2.75 bits per heavy atom. The summed E-state index contributed by atoms with van der Waals surface area (Å²) in [7, 11) is 0. The summed E-state index contributed by atoms with van der Waals surface area (Å²) in [5.74, 6) is 0.895. The number of carbonyl (C=O) groups excluding carboxylic acids is 1. The lowest BCUT2D eigenvalue weighted by atomic mass is 10.2. The molecule has 1 unspecified atom stereocenters. The van der Waals surface area contributed by atoms with Gasteiger partial charge in [0.15, 0.2) is 5.13 Å². The van der Waals surface area contributed by atoms with Gasteiger partial charge in [-0.05, 0) is 18.9 Å². The molecule has 0 saturated carbocycles. The maximum absolute atomic E-state index is 12.2. The molecule has 3 nitrogen and oxygen atoms in total. The molecule has 1 heterocycles. The van der Waals surface area contributed by atoms with E-state index in [0.29, 0.717) is 5.13 Å². The van der Waals surface area contributed by atoms with Gasteiger partial charge in [-0.1, -0.05) is 37.3 Å². The summed E-state index contributed by atoms with van der Waals surface area (Å²) < 4.78 is 0. The molecule has 0 saturated heterocycles. The van der Waals surface area contributed by atoms with Crippen LogP contribution in [0.25, 0.3) is 0 Å². The number of amides is 1. The number of carbonyl (C=O) groups is 1. The first-order chi connectivity index (χ1) is 9.69. The van der Waals surface area contributed by atoms with E-state index in [1.165, 1.54) is 16.9 Å². The summed E-state index contributed by atoms with van der Waals surface area (Å²) in [5, 5.41) is 5.48. The predicted molar refractivity (Wildman–Crippen MR) is 87.3 cm³/mol. The van der Waals surface area contributed by atoms with Gasteiger partial charge in [0.25, 0.3) is 0 Å². The highest BCUT2D eigenvalue weighted by Gasteiger charge is 2.18. The van der Waals surface area contributed by atoms with Crippen LogP contribution in [0.5, 0.6) is 0 Å². The van der Waals surface area contributed by atoms with Gasteiger partial charge in [0.1, 0.15) is 0 Å². The van der Waals surface area contributed by atoms with Crippen LogP contribution in [0.3, 0.4) is 0 Å². The molecule has 0 aliphatic heterocycles. The number of hydrogen-bond acceptors (Lipinski definition) is 4. The maximum atomic E-state index is 12.2. The molecule has 0 aliphatic rings. The van der Waals surface area contributed by atoms with Gasteiger partial charge in [0, 0.05) is 11.1 Å². The monoisotopic (exact) mass is 306 g/mol. The van der Waals surface area contributed by atoms with Gasteiger partial charge in [0.2, 0.25) is 5.91 Å². The molecule has 0 aliphatic carbocycles. The fourth-order valence-corrected chi connectivity index (χ4v) is 3.47. The number of nitrogens with zero attached hydrogens (tertiary/aromatic N) is 1. The van der Waals surface area contributed by atoms with E-state index < -0.39 is 0 Å². The van der Waals surface area contributed by atoms with E-state index in [9.17, 15) is 4.79 Å². The quantitative estimate of drug-likeness (QED) is 0.873. The molecule has 1 aromatic heterocycles. The van der Waals surface area contributed by atoms with Crippen LogP contribution in [0.2, 0.25) is 0 Å². The second kappa shape index (κ2) is 7.45. The molecule has 106 valence electrons. The van der Waals surface area contributed by atoms with Crippen molar-refractivity contribution in [2.45, 2.75) is 31.3 Å². The minimum Gasteiger partial charge on any atom is -0.301 e. The third kappa shape index (κ3) is 4.35. The first-order valence-electron chi connectivity index (χ1n) is 6.57. The van der Waals surface area contributed by atoms with E-state index in [2.05, 4.69) is 22.4 Å². The van der Waals surface area contributed by atoms with Crippen molar-refractivity contribution < 1.29 is 4.79 Å². The molecule has 1 atom stereocenters. The van der Waals surface area contributed by atoms with Gasteiger partial charge in [-0.3, -0.25) is 4.79 Å². The Morgan fingerprint density at radius 1 is 1.40 bits per heavy atom. The molecule has 2 aromatic rings. The van der Waals surface area contributed by atoms with Crippen LogP contribution >= 0.6 is 23.1 Å². The molecule has 2 rings (SSSR count). The number of rotatable bonds is 6. The SMILES string of the molecule is CCC(SCc1ccccc1)C(=O)Nc1nc(C)cs1. The van der Waals surface area contributed by atoms with Crippen molar-refractivity contribution in [2.24, 2.45) is 0 Å². The Morgan fingerprint density at radius 2 is 2.15 bits per heavy atom. The van der Waals surface area contributed by atoms with Crippen LogP contribution in [0, 0.1) is 6.92 Å². The first kappa shape index (κ1) is 15.1. The average molecular weight is 306 g/mol. The van der Waals surface area contributed by atoms with Gasteiger partial charge in [-0.15, -0.1) is 23.1 Å². The summed E-state index contributed by atoms with van der Waals surface area (Å²) in [6.45, 7) is 3.96. The van der Waals surface area contributed by atoms with E-state index in [1.54, 1.807) is 11.8 Å². The van der Waals surface area contributed by atoms with E-state index in [0.717, 1.165) is 17.9 Å². The molecule has 5 heteroatoms. The van der Waals surface area contributed by atoms with Crippen LogP contribution < -0.4 is 5.32 Å². The molecule has 0 spiro atoms. The van der Waals surface area contributed by atoms with Crippen molar-refractivity contribution in [1.82, 2.24) is 4.98 Å². The minimum atomic E-state index is -0.0422. The van der Waals surface area contributed by atoms with Gasteiger partial charge in [-0.25, -0.2) is 4.98 Å². The van der Waals surface area contributed by atoms with Crippen molar-refractivity contribution in [2.75, 3.05) is 5.32 Å². The van der Waals surface area contributed by atoms with Gasteiger partial charge in [-0.2, -0.15) is 0 Å². The topological polar surface area (TPSA) is 42.0 Å². The molecular weight excluding hydrogens is 288 g/mol. The molecule has 20 heavy (non-hydrogen) atoms. The van der Waals surface area contributed by atoms with Crippen LogP contribution in [0.4, 0.5) is 5.13 Å². The summed E-state index contributed by atoms with van der Waals surface area (Å²) in [6, 6.07) is 10.2. The Bertz CT molecular complexity index is 554. The van der Waals surface area contributed by atoms with Crippen molar-refractivity contribution in [3.63, 3.8) is 0 Å². The lowest BCUT2D eigenvalue weighted by Gasteiger charge is -2.13. The van der Waals surface area contributed by atoms with Gasteiger partial charge >= 0.3 is 0 Å². The van der Waals surface area contributed by atoms with E-state index in [-0.39, 0.29) is 11.2 Å². The summed E-state index contributed by atoms with van der Waals surface area (Å²) in [6.07, 6.45) is 0.813. The average Bonchev–Trinajstić information content (AvgIpc) is 2.86. The molecule has 1 aromatic carbocycles. The van der Waals surface area contributed by atoms with Crippen molar-refractivity contribution in [3.8, 4) is 0 Å². The zero-order chi connectivity index (χ0) is 14.4. The van der Waals surface area contributed by atoms with Crippen molar-refractivity contribution in [3.05, 3.63) is 47.0 Å². The standard InChI is InChI=1S/C15H18N2OS2/c1-3-13(19-10-12-7-5-4-6-8-12)14(18)17-15-16-11(2)9-20-15/h4-9,13H,3,10H2,1-2H3,(H,16,17,18). The number of benzene rings is 1. The Hall–Kier alpha value is -1.33. The summed E-state index contributed by atoms with van der Waals surface area (Å²) in [5.41, 5.74) is 2.18. The second-order valence-electron chi connectivity index (χ2n) is 4.48. The normalized spacial score (nSPS) is 12.1. The maximum Gasteiger partial charge on any atom is 0.239 e. The van der Waals surface area contributed by atoms with E-state index >= 15 is 0 Å². The van der Waals surface area contributed by atoms with Crippen LogP contribution in [0.15, 0.2) is 35.7 Å². The molecule has 0 radical (unpaired) electrons. The van der Waals surface area contributed by atoms with Gasteiger partial charge < -0.3 is 5.32 Å². The smallest absolute Gasteiger partial charge is 0.239 e. The number of hydrogen-bond donors (Lipinski definition) is 1. The van der Waals surface area contributed by atoms with Crippen LogP contribution in [-0.4, -0.2) is 16.1 Å². The third-order valence-corrected chi connectivity index (χ3v) is 5.13. The second-order valence-corrected chi connectivity index (χ2v) is 6.53. The first-order valence-corrected chi connectivity index (χ1v) is 8.50. The molecule has 0 fully saturated rings. The lowest BCUT2D eigenvalue weighted by molar-refractivity contribution is -0.115. The number of anilines is 1. The summed E-state index contributed by atoms with van der Waals surface area (Å²) >= 11 is 3.14. The fraction of sp³-hybridized carbons (Fsp3) is 0.333. The van der Waals surface area contributed by atoms with Crippen LogP contribution in [0.1, 0.15) is 24.6 Å². The highest BCUT2D eigenvalue weighted by molar-refractivity contribution is 7.99. The number of nitrogens with one attached hydrogen (secondary N) is 1. The number of aromatic nitrogens is 1. The molecular formula is C15H18N2OS2. The zero-order valence-electron chi connectivity index (χ0n) is 11.6. The highest BCUT2D eigenvalue weighted by atomic mass is 32.2.